The summed E-state index contributed by atoms with van der Waals surface area (Å²) in [5.74, 6) is 0.491. The van der Waals surface area contributed by atoms with Crippen molar-refractivity contribution in [2.75, 3.05) is 32.8 Å². The molecule has 0 aliphatic carbocycles. The number of carbonyl (C=O) groups excluding carboxylic acids is 1. The Morgan fingerprint density at radius 1 is 1.04 bits per heavy atom. The zero-order chi connectivity index (χ0) is 18.8. The summed E-state index contributed by atoms with van der Waals surface area (Å²) in [5.41, 5.74) is 2.00. The Balaban J connectivity index is 2.28. The van der Waals surface area contributed by atoms with Crippen molar-refractivity contribution in [2.24, 2.45) is 0 Å². The zero-order valence-corrected chi connectivity index (χ0v) is 16.7. The molecule has 0 spiro atoms. The van der Waals surface area contributed by atoms with Crippen LogP contribution in [0.25, 0.3) is 0 Å². The predicted molar refractivity (Wildman–Crippen MR) is 101 cm³/mol. The minimum Gasteiger partial charge on any atom is -0.507 e. The number of hydrogen-bond donors (Lipinski definition) is 2. The van der Waals surface area contributed by atoms with Gasteiger partial charge in [0.2, 0.25) is 0 Å². The van der Waals surface area contributed by atoms with Gasteiger partial charge in [0, 0.05) is 16.7 Å². The van der Waals surface area contributed by atoms with Crippen LogP contribution < -0.4 is 4.90 Å². The van der Waals surface area contributed by atoms with Gasteiger partial charge in [-0.3, -0.25) is 4.79 Å². The van der Waals surface area contributed by atoms with Gasteiger partial charge in [-0.05, 0) is 23.0 Å². The number of aromatic hydroxyl groups is 1. The highest BCUT2D eigenvalue weighted by Crippen LogP contribution is 2.39. The number of benzene rings is 1. The Kier molecular flexibility index (Phi) is 5.95. The fraction of sp³-hybridized carbons (Fsp3) is 0.667. The smallest absolute Gasteiger partial charge is 0.168 e. The number of hydrogen-bond acceptors (Lipinski definition) is 3. The van der Waals surface area contributed by atoms with Crippen LogP contribution in [0.5, 0.6) is 5.75 Å². The molecule has 0 saturated carbocycles. The van der Waals surface area contributed by atoms with E-state index in [-0.39, 0.29) is 16.6 Å². The van der Waals surface area contributed by atoms with Crippen LogP contribution in [0.15, 0.2) is 12.1 Å². The first-order valence-corrected chi connectivity index (χ1v) is 9.32. The van der Waals surface area contributed by atoms with E-state index < -0.39 is 0 Å². The van der Waals surface area contributed by atoms with Crippen LogP contribution in [0.3, 0.4) is 0 Å². The van der Waals surface area contributed by atoms with Crippen molar-refractivity contribution in [2.45, 2.75) is 58.8 Å². The molecule has 2 rings (SSSR count). The number of carbonyl (C=O) groups is 1. The van der Waals surface area contributed by atoms with Crippen LogP contribution in [0.1, 0.15) is 69.4 Å². The van der Waals surface area contributed by atoms with E-state index in [0.29, 0.717) is 12.2 Å². The van der Waals surface area contributed by atoms with Gasteiger partial charge in [-0.2, -0.15) is 0 Å². The van der Waals surface area contributed by atoms with Gasteiger partial charge in [0.05, 0.1) is 26.2 Å². The van der Waals surface area contributed by atoms with Gasteiger partial charge in [0.15, 0.2) is 5.78 Å². The number of nitrogens with one attached hydrogen (secondary N) is 1. The molecule has 0 aromatic heterocycles. The van der Waals surface area contributed by atoms with E-state index in [0.717, 1.165) is 49.5 Å². The molecule has 0 radical (unpaired) electrons. The molecule has 25 heavy (non-hydrogen) atoms. The minimum absolute atomic E-state index is 0.162. The quantitative estimate of drug-likeness (QED) is 0.822. The van der Waals surface area contributed by atoms with Gasteiger partial charge in [-0.1, -0.05) is 41.5 Å². The molecule has 0 unspecified atom stereocenters. The predicted octanol–water partition coefficient (Wildman–Crippen LogP) is 2.48. The normalized spacial score (nSPS) is 16.9. The summed E-state index contributed by atoms with van der Waals surface area (Å²) in [6.45, 7) is 16.8. The molecule has 1 aliphatic rings. The Labute approximate surface area is 152 Å². The lowest BCUT2D eigenvalue weighted by atomic mass is 9.78. The summed E-state index contributed by atoms with van der Waals surface area (Å²) in [5, 5.41) is 10.8. The van der Waals surface area contributed by atoms with E-state index in [1.54, 1.807) is 0 Å². The number of phenolic OH excluding ortho intramolecular Hbond substituents is 1. The highest BCUT2D eigenvalue weighted by molar-refractivity contribution is 5.97. The third-order valence-corrected chi connectivity index (χ3v) is 4.95. The van der Waals surface area contributed by atoms with Crippen molar-refractivity contribution < 1.29 is 19.5 Å². The van der Waals surface area contributed by atoms with Gasteiger partial charge in [-0.15, -0.1) is 0 Å². The highest BCUT2D eigenvalue weighted by Gasteiger charge is 2.28. The first-order chi connectivity index (χ1) is 11.5. The maximum Gasteiger partial charge on any atom is 0.168 e. The number of morpholine rings is 1. The van der Waals surface area contributed by atoms with Gasteiger partial charge in [0.25, 0.3) is 0 Å². The second-order valence-corrected chi connectivity index (χ2v) is 9.21. The molecule has 4 heteroatoms. The third-order valence-electron chi connectivity index (χ3n) is 4.95. The Morgan fingerprint density at radius 3 is 1.96 bits per heavy atom. The lowest BCUT2D eigenvalue weighted by Gasteiger charge is -2.28. The molecule has 1 aromatic carbocycles. The first-order valence-electron chi connectivity index (χ1n) is 9.32. The number of ketones is 1. The SMILES string of the molecule is CC(C)(C)c1cc(C(=O)CC[NH+]2CCOCC2)cc(C(C)(C)C)c1O. The first kappa shape index (κ1) is 19.9. The van der Waals surface area contributed by atoms with Gasteiger partial charge in [0.1, 0.15) is 18.8 Å². The Morgan fingerprint density at radius 2 is 1.52 bits per heavy atom. The molecule has 1 heterocycles. The molecule has 1 aromatic rings. The topological polar surface area (TPSA) is 51.0 Å². The molecule has 4 nitrogen and oxygen atoms in total. The van der Waals surface area contributed by atoms with Crippen molar-refractivity contribution in [1.29, 1.82) is 0 Å². The van der Waals surface area contributed by atoms with Crippen molar-refractivity contribution in [3.63, 3.8) is 0 Å². The summed E-state index contributed by atoms with van der Waals surface area (Å²) in [6.07, 6.45) is 0.535. The minimum atomic E-state index is -0.212. The van der Waals surface area contributed by atoms with Crippen molar-refractivity contribution in [1.82, 2.24) is 0 Å². The van der Waals surface area contributed by atoms with E-state index in [9.17, 15) is 9.90 Å². The van der Waals surface area contributed by atoms with Crippen molar-refractivity contribution >= 4 is 5.78 Å². The molecule has 1 aliphatic heterocycles. The molecular formula is C21H34NO3+. The van der Waals surface area contributed by atoms with E-state index in [2.05, 4.69) is 41.5 Å². The number of phenols is 1. The van der Waals surface area contributed by atoms with E-state index in [1.165, 1.54) is 4.90 Å². The van der Waals surface area contributed by atoms with Crippen LogP contribution in [-0.4, -0.2) is 43.7 Å². The number of quaternary nitrogens is 1. The van der Waals surface area contributed by atoms with Crippen LogP contribution in [0, 0.1) is 0 Å². The van der Waals surface area contributed by atoms with Gasteiger partial charge in [-0.25, -0.2) is 0 Å². The summed E-state index contributed by atoms with van der Waals surface area (Å²) in [7, 11) is 0. The molecule has 0 atom stereocenters. The third kappa shape index (κ3) is 5.05. The maximum absolute atomic E-state index is 12.8. The molecule has 140 valence electrons. The monoisotopic (exact) mass is 348 g/mol. The maximum atomic E-state index is 12.8. The second-order valence-electron chi connectivity index (χ2n) is 9.21. The summed E-state index contributed by atoms with van der Waals surface area (Å²) in [4.78, 5) is 14.3. The van der Waals surface area contributed by atoms with Crippen LogP contribution in [0.2, 0.25) is 0 Å². The van der Waals surface area contributed by atoms with Gasteiger partial charge < -0.3 is 14.7 Å². The Bertz CT molecular complexity index is 582. The molecule has 1 saturated heterocycles. The number of ether oxygens (including phenoxy) is 1. The fourth-order valence-electron chi connectivity index (χ4n) is 3.28. The molecule has 1 fully saturated rings. The lowest BCUT2D eigenvalue weighted by molar-refractivity contribution is -0.907. The summed E-state index contributed by atoms with van der Waals surface area (Å²) >= 11 is 0. The molecular weight excluding hydrogens is 314 g/mol. The second kappa shape index (κ2) is 7.46. The van der Waals surface area contributed by atoms with Crippen LogP contribution in [-0.2, 0) is 15.6 Å². The van der Waals surface area contributed by atoms with Crippen LogP contribution >= 0.6 is 0 Å². The largest absolute Gasteiger partial charge is 0.507 e. The summed E-state index contributed by atoms with van der Waals surface area (Å²) < 4.78 is 5.38. The Hall–Kier alpha value is -1.39. The molecule has 0 bridgehead atoms. The number of rotatable bonds is 4. The number of Topliss-reactive ketones (excluding diaryl/α,β-unsaturated/α-hetero) is 1. The van der Waals surface area contributed by atoms with Crippen molar-refractivity contribution in [3.05, 3.63) is 28.8 Å². The average molecular weight is 349 g/mol. The van der Waals surface area contributed by atoms with E-state index in [4.69, 9.17) is 4.74 Å². The van der Waals surface area contributed by atoms with Crippen LogP contribution in [0.4, 0.5) is 0 Å². The van der Waals surface area contributed by atoms with Gasteiger partial charge >= 0.3 is 0 Å². The van der Waals surface area contributed by atoms with E-state index in [1.807, 2.05) is 12.1 Å². The highest BCUT2D eigenvalue weighted by atomic mass is 16.5. The van der Waals surface area contributed by atoms with Crippen molar-refractivity contribution in [3.8, 4) is 5.75 Å². The zero-order valence-electron chi connectivity index (χ0n) is 16.7. The summed E-state index contributed by atoms with van der Waals surface area (Å²) in [6, 6.07) is 3.78. The lowest BCUT2D eigenvalue weighted by Crippen LogP contribution is -3.14. The molecule has 2 N–H and O–H groups in total. The standard InChI is InChI=1S/C21H33NO3/c1-20(2,3)16-13-15(14-17(19(16)24)21(4,5)6)18(23)7-8-22-9-11-25-12-10-22/h13-14,24H,7-12H2,1-6H3/p+1. The average Bonchev–Trinajstić information content (AvgIpc) is 2.51. The van der Waals surface area contributed by atoms with E-state index >= 15 is 0 Å². The molecule has 0 amide bonds. The fourth-order valence-corrected chi connectivity index (χ4v) is 3.28.